The fourth-order valence-electron chi connectivity index (χ4n) is 2.00. The molecular weight excluding hydrogens is 352 g/mol. The lowest BCUT2D eigenvalue weighted by Gasteiger charge is -2.01. The van der Waals surface area contributed by atoms with Gasteiger partial charge in [0.25, 0.3) is 11.4 Å². The number of nitrogens with zero attached hydrogens (tertiary/aromatic N) is 3. The first-order chi connectivity index (χ1) is 12.0. The van der Waals surface area contributed by atoms with Crippen LogP contribution in [0.2, 0.25) is 5.02 Å². The maximum Gasteiger partial charge on any atom is 0.314 e. The van der Waals surface area contributed by atoms with E-state index >= 15 is 0 Å². The van der Waals surface area contributed by atoms with Gasteiger partial charge in [-0.3, -0.25) is 4.79 Å². The topological polar surface area (TPSA) is 60.9 Å². The molecule has 25 heavy (non-hydrogen) atoms. The van der Waals surface area contributed by atoms with Crippen LogP contribution < -0.4 is 5.56 Å². The van der Waals surface area contributed by atoms with Gasteiger partial charge in [-0.2, -0.15) is 8.78 Å². The molecule has 0 aliphatic heterocycles. The fourth-order valence-corrected chi connectivity index (χ4v) is 2.19. The van der Waals surface area contributed by atoms with Gasteiger partial charge in [-0.15, -0.1) is 10.2 Å². The highest BCUT2D eigenvalue weighted by atomic mass is 35.5. The van der Waals surface area contributed by atoms with Crippen molar-refractivity contribution in [3.8, 4) is 23.3 Å². The van der Waals surface area contributed by atoms with Crippen molar-refractivity contribution in [3.63, 3.8) is 0 Å². The van der Waals surface area contributed by atoms with Crippen LogP contribution in [0.25, 0.3) is 11.5 Å². The normalized spacial score (nSPS) is 10.6. The second-order valence-corrected chi connectivity index (χ2v) is 5.38. The summed E-state index contributed by atoms with van der Waals surface area (Å²) in [6.07, 6.45) is -1.38. The first-order valence-electron chi connectivity index (χ1n) is 7.10. The lowest BCUT2D eigenvalue weighted by Crippen LogP contribution is -2.17. The molecular formula is C17H10ClF2N3O2. The van der Waals surface area contributed by atoms with Crippen molar-refractivity contribution in [3.05, 3.63) is 69.4 Å². The monoisotopic (exact) mass is 361 g/mol. The molecule has 0 spiro atoms. The Morgan fingerprint density at radius 2 is 2.08 bits per heavy atom. The van der Waals surface area contributed by atoms with Gasteiger partial charge < -0.3 is 8.98 Å². The van der Waals surface area contributed by atoms with Gasteiger partial charge in [0.15, 0.2) is 0 Å². The van der Waals surface area contributed by atoms with Gasteiger partial charge in [-0.1, -0.05) is 29.5 Å². The molecule has 126 valence electrons. The molecule has 0 atom stereocenters. The third-order valence-electron chi connectivity index (χ3n) is 3.18. The van der Waals surface area contributed by atoms with E-state index in [1.165, 1.54) is 22.9 Å². The quantitative estimate of drug-likeness (QED) is 0.669. The average Bonchev–Trinajstić information content (AvgIpc) is 3.07. The largest absolute Gasteiger partial charge is 0.415 e. The molecule has 5 nitrogen and oxygen atoms in total. The summed E-state index contributed by atoms with van der Waals surface area (Å²) in [7, 11) is 0. The molecule has 0 fully saturated rings. The van der Waals surface area contributed by atoms with E-state index in [1.807, 2.05) is 0 Å². The molecule has 0 radical (unpaired) electrons. The summed E-state index contributed by atoms with van der Waals surface area (Å²) in [6.45, 7) is 0.164. The van der Waals surface area contributed by atoms with E-state index in [4.69, 9.17) is 16.0 Å². The first-order valence-corrected chi connectivity index (χ1v) is 7.47. The number of benzene rings is 1. The van der Waals surface area contributed by atoms with Crippen LogP contribution in [0, 0.1) is 11.8 Å². The number of hydrogen-bond acceptors (Lipinski definition) is 4. The molecule has 0 N–H and O–H groups in total. The Labute approximate surface area is 145 Å². The lowest BCUT2D eigenvalue weighted by molar-refractivity contribution is 0.116. The van der Waals surface area contributed by atoms with Crippen molar-refractivity contribution in [2.45, 2.75) is 13.0 Å². The minimum absolute atomic E-state index is 0.135. The minimum Gasteiger partial charge on any atom is -0.415 e. The molecule has 0 bridgehead atoms. The van der Waals surface area contributed by atoms with Gasteiger partial charge in [-0.25, -0.2) is 0 Å². The maximum atomic E-state index is 12.5. The van der Waals surface area contributed by atoms with E-state index in [9.17, 15) is 13.6 Å². The molecule has 3 aromatic rings. The van der Waals surface area contributed by atoms with Gasteiger partial charge in [0.05, 0.1) is 6.54 Å². The predicted molar refractivity (Wildman–Crippen MR) is 87.3 cm³/mol. The van der Waals surface area contributed by atoms with Crippen molar-refractivity contribution in [1.82, 2.24) is 14.8 Å². The number of hydrogen-bond donors (Lipinski definition) is 0. The zero-order chi connectivity index (χ0) is 17.8. The van der Waals surface area contributed by atoms with Gasteiger partial charge in [0.2, 0.25) is 5.89 Å². The standard InChI is InChI=1S/C17H10ClF2N3O2/c18-13-5-1-3-11(9-13)4-2-7-23-8-6-12(10-14(23)24)16-21-22-17(25-16)15(19)20/h1,3,5-6,8-10,15H,7H2. The Morgan fingerprint density at radius 3 is 2.76 bits per heavy atom. The average molecular weight is 362 g/mol. The van der Waals surface area contributed by atoms with Gasteiger partial charge in [0, 0.05) is 28.4 Å². The molecule has 2 heterocycles. The molecule has 0 amide bonds. The molecule has 0 unspecified atom stereocenters. The molecule has 0 aliphatic carbocycles. The SMILES string of the molecule is O=c1cc(-c2nnc(C(F)F)o2)ccn1CC#Cc1cccc(Cl)c1. The Morgan fingerprint density at radius 1 is 1.24 bits per heavy atom. The number of rotatable bonds is 3. The molecule has 8 heteroatoms. The summed E-state index contributed by atoms with van der Waals surface area (Å²) in [5.74, 6) is 4.85. The molecule has 1 aromatic carbocycles. The van der Waals surface area contributed by atoms with Crippen LogP contribution in [0.4, 0.5) is 8.78 Å². The van der Waals surface area contributed by atoms with E-state index in [0.29, 0.717) is 5.02 Å². The van der Waals surface area contributed by atoms with Crippen LogP contribution in [0.5, 0.6) is 0 Å². The number of alkyl halides is 2. The smallest absolute Gasteiger partial charge is 0.314 e. The minimum atomic E-state index is -2.86. The second kappa shape index (κ2) is 7.28. The van der Waals surface area contributed by atoms with E-state index in [0.717, 1.165) is 5.56 Å². The molecule has 3 rings (SSSR count). The fraction of sp³-hybridized carbons (Fsp3) is 0.118. The van der Waals surface area contributed by atoms with Crippen molar-refractivity contribution in [2.75, 3.05) is 0 Å². The van der Waals surface area contributed by atoms with Crippen molar-refractivity contribution in [2.24, 2.45) is 0 Å². The van der Waals surface area contributed by atoms with Crippen LogP contribution in [-0.2, 0) is 6.54 Å². The third-order valence-corrected chi connectivity index (χ3v) is 3.41. The molecule has 0 saturated heterocycles. The maximum absolute atomic E-state index is 12.5. The lowest BCUT2D eigenvalue weighted by atomic mass is 10.2. The summed E-state index contributed by atoms with van der Waals surface area (Å²) < 4.78 is 31.1. The highest BCUT2D eigenvalue weighted by Gasteiger charge is 2.17. The Balaban J connectivity index is 1.77. The highest BCUT2D eigenvalue weighted by Crippen LogP contribution is 2.22. The Kier molecular flexibility index (Phi) is 4.91. The van der Waals surface area contributed by atoms with Crippen LogP contribution >= 0.6 is 11.6 Å². The zero-order valence-corrected chi connectivity index (χ0v) is 13.4. The second-order valence-electron chi connectivity index (χ2n) is 4.94. The number of pyridine rings is 1. The van der Waals surface area contributed by atoms with E-state index in [1.54, 1.807) is 24.3 Å². The Bertz CT molecular complexity index is 1020. The highest BCUT2D eigenvalue weighted by molar-refractivity contribution is 6.30. The van der Waals surface area contributed by atoms with E-state index < -0.39 is 12.3 Å². The molecule has 0 aliphatic rings. The summed E-state index contributed by atoms with van der Waals surface area (Å²) in [6, 6.07) is 9.80. The predicted octanol–water partition coefficient (Wildman–Crippen LogP) is 3.54. The van der Waals surface area contributed by atoms with Crippen molar-refractivity contribution in [1.29, 1.82) is 0 Å². The third kappa shape index (κ3) is 4.11. The summed E-state index contributed by atoms with van der Waals surface area (Å²) in [4.78, 5) is 12.1. The van der Waals surface area contributed by atoms with Gasteiger partial charge in [-0.05, 0) is 24.3 Å². The summed E-state index contributed by atoms with van der Waals surface area (Å²) in [5.41, 5.74) is 0.640. The van der Waals surface area contributed by atoms with E-state index in [2.05, 4.69) is 22.0 Å². The Hall–Kier alpha value is -2.98. The summed E-state index contributed by atoms with van der Waals surface area (Å²) >= 11 is 5.87. The van der Waals surface area contributed by atoms with E-state index in [-0.39, 0.29) is 23.6 Å². The van der Waals surface area contributed by atoms with Crippen molar-refractivity contribution < 1.29 is 13.2 Å². The van der Waals surface area contributed by atoms with Crippen LogP contribution in [-0.4, -0.2) is 14.8 Å². The zero-order valence-electron chi connectivity index (χ0n) is 12.6. The van der Waals surface area contributed by atoms with Crippen LogP contribution in [0.15, 0.2) is 51.8 Å². The van der Waals surface area contributed by atoms with Crippen LogP contribution in [0.1, 0.15) is 17.9 Å². The van der Waals surface area contributed by atoms with Crippen LogP contribution in [0.3, 0.4) is 0 Å². The number of aromatic nitrogens is 3. The summed E-state index contributed by atoms with van der Waals surface area (Å²) in [5, 5.41) is 7.31. The van der Waals surface area contributed by atoms with Crippen molar-refractivity contribution >= 4 is 11.6 Å². The van der Waals surface area contributed by atoms with Gasteiger partial charge >= 0.3 is 6.43 Å². The molecule has 2 aromatic heterocycles. The molecule has 0 saturated carbocycles. The number of halogens is 3. The first kappa shape index (κ1) is 16.9. The van der Waals surface area contributed by atoms with Gasteiger partial charge in [0.1, 0.15) is 0 Å².